The number of para-hydroxylation sites is 1. The van der Waals surface area contributed by atoms with Crippen molar-refractivity contribution in [3.8, 4) is 5.75 Å². The number of carbonyl (C=O) groups is 1. The molecule has 3 aromatic rings. The summed E-state index contributed by atoms with van der Waals surface area (Å²) in [5.41, 5.74) is 3.06. The fraction of sp³-hybridized carbons (Fsp3) is 0.240. The van der Waals surface area contributed by atoms with Gasteiger partial charge in [-0.3, -0.25) is 4.79 Å². The smallest absolute Gasteiger partial charge is 0.251 e. The molecular weight excluding hydrogens is 424 g/mol. The fourth-order valence-corrected chi connectivity index (χ4v) is 4.77. The molecule has 0 saturated heterocycles. The number of hydrogen-bond donors (Lipinski definition) is 2. The first kappa shape index (κ1) is 22.0. The summed E-state index contributed by atoms with van der Waals surface area (Å²) in [6.45, 7) is 2.97. The summed E-state index contributed by atoms with van der Waals surface area (Å²) in [6.07, 6.45) is 0.827. The Bertz CT molecular complexity index is 1210. The first-order valence-electron chi connectivity index (χ1n) is 10.6. The number of ether oxygens (including phenoxy) is 1. The molecule has 2 N–H and O–H groups in total. The molecule has 0 aromatic heterocycles. The molecule has 6 nitrogen and oxygen atoms in total. The maximum Gasteiger partial charge on any atom is 0.251 e. The van der Waals surface area contributed by atoms with Crippen LogP contribution in [0.1, 0.15) is 27.0 Å². The molecule has 0 fully saturated rings. The molecule has 4 rings (SSSR count). The molecule has 1 heterocycles. The van der Waals surface area contributed by atoms with Crippen LogP contribution >= 0.6 is 0 Å². The van der Waals surface area contributed by atoms with Crippen LogP contribution in [-0.4, -0.2) is 27.5 Å². The van der Waals surface area contributed by atoms with Gasteiger partial charge in [-0.15, -0.1) is 0 Å². The molecule has 0 aliphatic carbocycles. The van der Waals surface area contributed by atoms with E-state index in [0.717, 1.165) is 28.9 Å². The largest absolute Gasteiger partial charge is 0.493 e. The van der Waals surface area contributed by atoms with Crippen LogP contribution in [0.2, 0.25) is 0 Å². The molecule has 0 radical (unpaired) electrons. The first-order chi connectivity index (χ1) is 15.4. The Labute approximate surface area is 188 Å². The Hall–Kier alpha value is -3.16. The summed E-state index contributed by atoms with van der Waals surface area (Å²) in [6, 6.07) is 21.8. The van der Waals surface area contributed by atoms with E-state index in [9.17, 15) is 13.2 Å². The average molecular weight is 451 g/mol. The van der Waals surface area contributed by atoms with Crippen LogP contribution in [0.4, 0.5) is 0 Å². The number of rotatable bonds is 7. The predicted octanol–water partition coefficient (Wildman–Crippen LogP) is 3.45. The highest BCUT2D eigenvalue weighted by atomic mass is 32.2. The number of hydrogen-bond acceptors (Lipinski definition) is 4. The molecule has 0 spiro atoms. The normalized spacial score (nSPS) is 15.5. The quantitative estimate of drug-likeness (QED) is 0.577. The van der Waals surface area contributed by atoms with E-state index in [2.05, 4.69) is 10.0 Å². The van der Waals surface area contributed by atoms with Gasteiger partial charge in [-0.2, -0.15) is 0 Å². The van der Waals surface area contributed by atoms with Gasteiger partial charge in [0, 0.05) is 24.6 Å². The summed E-state index contributed by atoms with van der Waals surface area (Å²) in [5, 5.41) is 2.94. The van der Waals surface area contributed by atoms with Gasteiger partial charge in [0.25, 0.3) is 5.91 Å². The zero-order valence-corrected chi connectivity index (χ0v) is 18.7. The SMILES string of the molecule is Cc1ccc(S(=O)(=O)NCc2ccccc2)cc1C(=O)NCC1COc2ccccc2C1. The second kappa shape index (κ2) is 9.54. The Morgan fingerprint density at radius 1 is 1.03 bits per heavy atom. The summed E-state index contributed by atoms with van der Waals surface area (Å²) in [4.78, 5) is 12.9. The lowest BCUT2D eigenvalue weighted by Crippen LogP contribution is -2.35. The van der Waals surface area contributed by atoms with Crippen LogP contribution in [0, 0.1) is 12.8 Å². The van der Waals surface area contributed by atoms with Crippen LogP contribution in [0.3, 0.4) is 0 Å². The van der Waals surface area contributed by atoms with Gasteiger partial charge in [-0.1, -0.05) is 54.6 Å². The van der Waals surface area contributed by atoms with E-state index in [1.165, 1.54) is 12.1 Å². The number of nitrogens with one attached hydrogen (secondary N) is 2. The summed E-state index contributed by atoms with van der Waals surface area (Å²) < 4.78 is 33.9. The van der Waals surface area contributed by atoms with Crippen molar-refractivity contribution in [3.63, 3.8) is 0 Å². The molecule has 7 heteroatoms. The van der Waals surface area contributed by atoms with Gasteiger partial charge in [0.05, 0.1) is 11.5 Å². The maximum atomic E-state index is 12.8. The lowest BCUT2D eigenvalue weighted by molar-refractivity contribution is 0.0938. The topological polar surface area (TPSA) is 84.5 Å². The molecule has 1 unspecified atom stereocenters. The van der Waals surface area contributed by atoms with E-state index in [-0.39, 0.29) is 23.3 Å². The van der Waals surface area contributed by atoms with Crippen LogP contribution in [0.15, 0.2) is 77.7 Å². The highest BCUT2D eigenvalue weighted by molar-refractivity contribution is 7.89. The van der Waals surface area contributed by atoms with Gasteiger partial charge >= 0.3 is 0 Å². The van der Waals surface area contributed by atoms with E-state index < -0.39 is 10.0 Å². The van der Waals surface area contributed by atoms with Crippen LogP contribution in [0.5, 0.6) is 5.75 Å². The van der Waals surface area contributed by atoms with Gasteiger partial charge < -0.3 is 10.1 Å². The zero-order chi connectivity index (χ0) is 22.6. The molecular formula is C25H26N2O4S. The molecule has 1 amide bonds. The second-order valence-electron chi connectivity index (χ2n) is 7.99. The van der Waals surface area contributed by atoms with Gasteiger partial charge in [0.2, 0.25) is 10.0 Å². The predicted molar refractivity (Wildman–Crippen MR) is 123 cm³/mol. The number of sulfonamides is 1. The number of fused-ring (bicyclic) bond motifs is 1. The molecule has 1 atom stereocenters. The molecule has 1 aliphatic rings. The third-order valence-corrected chi connectivity index (χ3v) is 6.98. The van der Waals surface area contributed by atoms with Crippen molar-refractivity contribution in [2.75, 3.05) is 13.2 Å². The minimum atomic E-state index is -3.75. The average Bonchev–Trinajstić information content (AvgIpc) is 2.82. The molecule has 0 saturated carbocycles. The van der Waals surface area contributed by atoms with E-state index in [0.29, 0.717) is 18.7 Å². The van der Waals surface area contributed by atoms with E-state index in [4.69, 9.17) is 4.74 Å². The standard InChI is InChI=1S/C25H26N2O4S/c1-18-11-12-22(32(29,30)27-16-19-7-3-2-4-8-19)14-23(18)25(28)26-15-20-13-21-9-5-6-10-24(21)31-17-20/h2-12,14,20,27H,13,15-17H2,1H3,(H,26,28). The van der Waals surface area contributed by atoms with Gasteiger partial charge in [-0.05, 0) is 48.2 Å². The van der Waals surface area contributed by atoms with Crippen LogP contribution in [0.25, 0.3) is 0 Å². The molecule has 1 aliphatic heterocycles. The van der Waals surface area contributed by atoms with Crippen molar-refractivity contribution >= 4 is 15.9 Å². The van der Waals surface area contributed by atoms with Crippen molar-refractivity contribution in [1.29, 1.82) is 0 Å². The minimum Gasteiger partial charge on any atom is -0.493 e. The van der Waals surface area contributed by atoms with Crippen molar-refractivity contribution in [2.24, 2.45) is 5.92 Å². The monoisotopic (exact) mass is 450 g/mol. The second-order valence-corrected chi connectivity index (χ2v) is 9.75. The molecule has 32 heavy (non-hydrogen) atoms. The lowest BCUT2D eigenvalue weighted by Gasteiger charge is -2.25. The van der Waals surface area contributed by atoms with Gasteiger partial charge in [0.15, 0.2) is 0 Å². The van der Waals surface area contributed by atoms with Crippen molar-refractivity contribution < 1.29 is 17.9 Å². The van der Waals surface area contributed by atoms with Crippen molar-refractivity contribution in [3.05, 3.63) is 95.1 Å². The number of carbonyl (C=O) groups excluding carboxylic acids is 1. The molecule has 166 valence electrons. The maximum absolute atomic E-state index is 12.8. The number of aryl methyl sites for hydroxylation is 1. The Kier molecular flexibility index (Phi) is 6.58. The van der Waals surface area contributed by atoms with Gasteiger partial charge in [0.1, 0.15) is 5.75 Å². The Morgan fingerprint density at radius 2 is 1.78 bits per heavy atom. The summed E-state index contributed by atoms with van der Waals surface area (Å²) in [5.74, 6) is 0.766. The number of benzene rings is 3. The van der Waals surface area contributed by atoms with E-state index in [1.54, 1.807) is 13.0 Å². The van der Waals surface area contributed by atoms with Crippen LogP contribution in [-0.2, 0) is 23.0 Å². The zero-order valence-electron chi connectivity index (χ0n) is 17.9. The lowest BCUT2D eigenvalue weighted by atomic mass is 9.96. The first-order valence-corrected chi connectivity index (χ1v) is 12.0. The number of amides is 1. The minimum absolute atomic E-state index is 0.0686. The van der Waals surface area contributed by atoms with Gasteiger partial charge in [-0.25, -0.2) is 13.1 Å². The van der Waals surface area contributed by atoms with Crippen molar-refractivity contribution in [1.82, 2.24) is 10.0 Å². The van der Waals surface area contributed by atoms with Crippen LogP contribution < -0.4 is 14.8 Å². The Morgan fingerprint density at radius 3 is 2.59 bits per heavy atom. The Balaban J connectivity index is 1.41. The third-order valence-electron chi connectivity index (χ3n) is 5.58. The van der Waals surface area contributed by atoms with E-state index >= 15 is 0 Å². The highest BCUT2D eigenvalue weighted by Gasteiger charge is 2.22. The summed E-state index contributed by atoms with van der Waals surface area (Å²) >= 11 is 0. The van der Waals surface area contributed by atoms with Crippen molar-refractivity contribution in [2.45, 2.75) is 24.8 Å². The molecule has 0 bridgehead atoms. The summed E-state index contributed by atoms with van der Waals surface area (Å²) in [7, 11) is -3.75. The molecule has 3 aromatic carbocycles. The third kappa shape index (κ3) is 5.18. The highest BCUT2D eigenvalue weighted by Crippen LogP contribution is 2.26. The van der Waals surface area contributed by atoms with E-state index in [1.807, 2.05) is 54.6 Å². The fourth-order valence-electron chi connectivity index (χ4n) is 3.72.